The molecule has 0 aliphatic rings. The van der Waals surface area contributed by atoms with Gasteiger partial charge in [0.1, 0.15) is 5.75 Å². The molecule has 2 N–H and O–H groups in total. The Morgan fingerprint density at radius 3 is 2.35 bits per heavy atom. The molecule has 7 nitrogen and oxygen atoms in total. The molecular weight excluding hydrogens is 360 g/mol. The van der Waals surface area contributed by atoms with Crippen LogP contribution in [-0.4, -0.2) is 31.0 Å². The number of hydrogen-bond acceptors (Lipinski definition) is 5. The number of amides is 2. The normalized spacial score (nSPS) is 9.92. The summed E-state index contributed by atoms with van der Waals surface area (Å²) >= 11 is 5.73. The van der Waals surface area contributed by atoms with Gasteiger partial charge in [-0.25, -0.2) is 4.79 Å². The maximum absolute atomic E-state index is 11.8. The summed E-state index contributed by atoms with van der Waals surface area (Å²) in [5.41, 5.74) is 5.54. The number of para-hydroxylation sites is 1. The Kier molecular flexibility index (Phi) is 6.99. The zero-order chi connectivity index (χ0) is 18.9. The van der Waals surface area contributed by atoms with Gasteiger partial charge < -0.3 is 9.47 Å². The van der Waals surface area contributed by atoms with Crippen molar-refractivity contribution >= 4 is 29.4 Å². The second-order valence-electron chi connectivity index (χ2n) is 5.22. The van der Waals surface area contributed by atoms with Crippen molar-refractivity contribution in [3.05, 3.63) is 64.7 Å². The third kappa shape index (κ3) is 6.10. The van der Waals surface area contributed by atoms with Gasteiger partial charge in [-0.3, -0.25) is 20.4 Å². The molecule has 0 aliphatic carbocycles. The number of carbonyl (C=O) groups is 3. The molecule has 0 heterocycles. The van der Waals surface area contributed by atoms with Crippen LogP contribution in [0.15, 0.2) is 48.5 Å². The first-order valence-electron chi connectivity index (χ1n) is 7.64. The summed E-state index contributed by atoms with van der Waals surface area (Å²) in [7, 11) is 0. The van der Waals surface area contributed by atoms with Crippen molar-refractivity contribution in [2.75, 3.05) is 13.2 Å². The number of hydrogen-bond donors (Lipinski definition) is 2. The summed E-state index contributed by atoms with van der Waals surface area (Å²) in [6, 6.07) is 13.3. The third-order valence-corrected chi connectivity index (χ3v) is 3.48. The van der Waals surface area contributed by atoms with Gasteiger partial charge in [0.05, 0.1) is 0 Å². The highest BCUT2D eigenvalue weighted by Gasteiger charge is 2.11. The van der Waals surface area contributed by atoms with Gasteiger partial charge in [0.15, 0.2) is 13.2 Å². The molecule has 0 atom stereocenters. The van der Waals surface area contributed by atoms with Gasteiger partial charge >= 0.3 is 5.97 Å². The predicted molar refractivity (Wildman–Crippen MR) is 94.7 cm³/mol. The molecular formula is C18H17ClN2O5. The number of benzene rings is 2. The highest BCUT2D eigenvalue weighted by atomic mass is 35.5. The lowest BCUT2D eigenvalue weighted by Gasteiger charge is -2.10. The van der Waals surface area contributed by atoms with E-state index in [-0.39, 0.29) is 6.61 Å². The Hall–Kier alpha value is -3.06. The van der Waals surface area contributed by atoms with Crippen LogP contribution in [0.2, 0.25) is 5.02 Å². The van der Waals surface area contributed by atoms with E-state index in [1.165, 1.54) is 12.1 Å². The van der Waals surface area contributed by atoms with Crippen LogP contribution < -0.4 is 15.6 Å². The highest BCUT2D eigenvalue weighted by molar-refractivity contribution is 6.30. The predicted octanol–water partition coefficient (Wildman–Crippen LogP) is 2.03. The van der Waals surface area contributed by atoms with E-state index in [2.05, 4.69) is 10.9 Å². The van der Waals surface area contributed by atoms with Crippen molar-refractivity contribution in [2.45, 2.75) is 6.92 Å². The number of aryl methyl sites for hydroxylation is 1. The smallest absolute Gasteiger partial charge is 0.344 e. The third-order valence-electron chi connectivity index (χ3n) is 3.23. The Balaban J connectivity index is 1.68. The molecule has 136 valence electrons. The lowest BCUT2D eigenvalue weighted by atomic mass is 10.2. The molecule has 0 unspecified atom stereocenters. The van der Waals surface area contributed by atoms with Crippen LogP contribution in [0.5, 0.6) is 5.75 Å². The van der Waals surface area contributed by atoms with Gasteiger partial charge in [-0.05, 0) is 42.8 Å². The van der Waals surface area contributed by atoms with E-state index in [1.54, 1.807) is 24.3 Å². The van der Waals surface area contributed by atoms with E-state index in [4.69, 9.17) is 21.1 Å². The number of halogens is 1. The standard InChI is InChI=1S/C18H17ClN2O5/c1-12-4-2-3-5-15(12)25-11-17(23)26-10-16(22)20-21-18(24)13-6-8-14(19)9-7-13/h2-9H,10-11H2,1H3,(H,20,22)(H,21,24). The fraction of sp³-hybridized carbons (Fsp3) is 0.167. The van der Waals surface area contributed by atoms with Gasteiger partial charge in [0, 0.05) is 10.6 Å². The first-order chi connectivity index (χ1) is 12.5. The largest absolute Gasteiger partial charge is 0.482 e. The zero-order valence-corrected chi connectivity index (χ0v) is 14.7. The summed E-state index contributed by atoms with van der Waals surface area (Å²) in [5, 5.41) is 0.491. The molecule has 0 fully saturated rings. The lowest BCUT2D eigenvalue weighted by molar-refractivity contribution is -0.150. The molecule has 2 aromatic carbocycles. The molecule has 2 amide bonds. The van der Waals surface area contributed by atoms with Crippen LogP contribution in [-0.2, 0) is 14.3 Å². The second-order valence-corrected chi connectivity index (χ2v) is 5.66. The second kappa shape index (κ2) is 9.43. The van der Waals surface area contributed by atoms with Crippen molar-refractivity contribution in [3.63, 3.8) is 0 Å². The minimum absolute atomic E-state index is 0.318. The molecule has 0 saturated heterocycles. The first kappa shape index (κ1) is 19.3. The molecule has 8 heteroatoms. The molecule has 2 rings (SSSR count). The van der Waals surface area contributed by atoms with Crippen molar-refractivity contribution in [1.29, 1.82) is 0 Å². The quantitative estimate of drug-likeness (QED) is 0.594. The summed E-state index contributed by atoms with van der Waals surface area (Å²) in [4.78, 5) is 35.0. The SMILES string of the molecule is Cc1ccccc1OCC(=O)OCC(=O)NNC(=O)c1ccc(Cl)cc1. The topological polar surface area (TPSA) is 93.7 Å². The fourth-order valence-electron chi connectivity index (χ4n) is 1.88. The molecule has 0 saturated carbocycles. The molecule has 26 heavy (non-hydrogen) atoms. The minimum atomic E-state index is -0.701. The highest BCUT2D eigenvalue weighted by Crippen LogP contribution is 2.15. The zero-order valence-electron chi connectivity index (χ0n) is 14.0. The molecule has 0 aliphatic heterocycles. The van der Waals surface area contributed by atoms with Gasteiger partial charge in [-0.2, -0.15) is 0 Å². The van der Waals surface area contributed by atoms with Crippen LogP contribution in [0.1, 0.15) is 15.9 Å². The van der Waals surface area contributed by atoms with Crippen molar-refractivity contribution in [1.82, 2.24) is 10.9 Å². The molecule has 2 aromatic rings. The van der Waals surface area contributed by atoms with Gasteiger partial charge in [-0.1, -0.05) is 29.8 Å². The summed E-state index contributed by atoms with van der Waals surface area (Å²) in [6.07, 6.45) is 0. The van der Waals surface area contributed by atoms with Crippen molar-refractivity contribution < 1.29 is 23.9 Å². The Labute approximate surface area is 155 Å². The van der Waals surface area contributed by atoms with Crippen LogP contribution in [0.4, 0.5) is 0 Å². The van der Waals surface area contributed by atoms with Gasteiger partial charge in [0.2, 0.25) is 0 Å². The minimum Gasteiger partial charge on any atom is -0.482 e. The Bertz CT molecular complexity index is 792. The summed E-state index contributed by atoms with van der Waals surface area (Å²) in [5.74, 6) is -1.35. The van der Waals surface area contributed by atoms with E-state index in [1.807, 2.05) is 19.1 Å². The first-order valence-corrected chi connectivity index (χ1v) is 8.02. The average Bonchev–Trinajstić information content (AvgIpc) is 2.64. The van der Waals surface area contributed by atoms with Gasteiger partial charge in [-0.15, -0.1) is 0 Å². The number of rotatable bonds is 6. The van der Waals surface area contributed by atoms with E-state index in [9.17, 15) is 14.4 Å². The van der Waals surface area contributed by atoms with Crippen LogP contribution >= 0.6 is 11.6 Å². The van der Waals surface area contributed by atoms with E-state index in [0.29, 0.717) is 16.3 Å². The Morgan fingerprint density at radius 2 is 1.65 bits per heavy atom. The van der Waals surface area contributed by atoms with E-state index in [0.717, 1.165) is 5.56 Å². The molecule has 0 spiro atoms. The fourth-order valence-corrected chi connectivity index (χ4v) is 2.00. The number of carbonyl (C=O) groups excluding carboxylic acids is 3. The summed E-state index contributed by atoms with van der Waals surface area (Å²) in [6.45, 7) is 0.976. The van der Waals surface area contributed by atoms with E-state index < -0.39 is 24.4 Å². The maximum atomic E-state index is 11.8. The lowest BCUT2D eigenvalue weighted by Crippen LogP contribution is -2.43. The number of ether oxygens (including phenoxy) is 2. The van der Waals surface area contributed by atoms with Gasteiger partial charge in [0.25, 0.3) is 11.8 Å². The van der Waals surface area contributed by atoms with Crippen LogP contribution in [0, 0.1) is 6.92 Å². The monoisotopic (exact) mass is 376 g/mol. The molecule has 0 radical (unpaired) electrons. The number of esters is 1. The van der Waals surface area contributed by atoms with Crippen molar-refractivity contribution in [2.24, 2.45) is 0 Å². The van der Waals surface area contributed by atoms with Crippen LogP contribution in [0.3, 0.4) is 0 Å². The average molecular weight is 377 g/mol. The maximum Gasteiger partial charge on any atom is 0.344 e. The van der Waals surface area contributed by atoms with Crippen molar-refractivity contribution in [3.8, 4) is 5.75 Å². The van der Waals surface area contributed by atoms with Crippen LogP contribution in [0.25, 0.3) is 0 Å². The van der Waals surface area contributed by atoms with E-state index >= 15 is 0 Å². The summed E-state index contributed by atoms with van der Waals surface area (Å²) < 4.78 is 10.1. The Morgan fingerprint density at radius 1 is 0.962 bits per heavy atom. The molecule has 0 aromatic heterocycles. The molecule has 0 bridgehead atoms. The number of nitrogens with one attached hydrogen (secondary N) is 2. The number of hydrazine groups is 1.